The molecule has 116 valence electrons. The van der Waals surface area contributed by atoms with Gasteiger partial charge in [0, 0.05) is 23.5 Å². The van der Waals surface area contributed by atoms with Gasteiger partial charge in [0.05, 0.1) is 6.42 Å². The highest BCUT2D eigenvalue weighted by atomic mass is 16.2. The molecule has 0 aliphatic heterocycles. The molecule has 0 radical (unpaired) electrons. The first-order valence-corrected chi connectivity index (χ1v) is 7.14. The van der Waals surface area contributed by atoms with Crippen molar-refractivity contribution >= 4 is 11.6 Å². The lowest BCUT2D eigenvalue weighted by atomic mass is 10.1. The summed E-state index contributed by atoms with van der Waals surface area (Å²) in [5.41, 5.74) is 1.02. The Bertz CT molecular complexity index is 810. The minimum absolute atomic E-state index is 0.0292. The summed E-state index contributed by atoms with van der Waals surface area (Å²) in [7, 11) is 0. The van der Waals surface area contributed by atoms with E-state index in [0.29, 0.717) is 22.7 Å². The number of aryl methyl sites for hydroxylation is 1. The van der Waals surface area contributed by atoms with E-state index in [1.807, 2.05) is 26.8 Å². The first-order chi connectivity index (χ1) is 10.3. The lowest BCUT2D eigenvalue weighted by molar-refractivity contribution is -0.121. The maximum atomic E-state index is 12.4. The predicted molar refractivity (Wildman–Crippen MR) is 81.4 cm³/mol. The summed E-state index contributed by atoms with van der Waals surface area (Å²) in [4.78, 5) is 28.8. The van der Waals surface area contributed by atoms with Crippen molar-refractivity contribution in [2.24, 2.45) is 5.92 Å². The number of nitrogens with one attached hydrogen (secondary N) is 2. The Labute approximate surface area is 128 Å². The molecule has 0 aliphatic rings. The van der Waals surface area contributed by atoms with E-state index in [4.69, 9.17) is 5.26 Å². The van der Waals surface area contributed by atoms with Crippen LogP contribution in [0.3, 0.4) is 0 Å². The molecule has 1 amide bonds. The zero-order valence-electron chi connectivity index (χ0n) is 13.1. The van der Waals surface area contributed by atoms with Crippen LogP contribution < -0.4 is 10.9 Å². The molecule has 2 aromatic heterocycles. The predicted octanol–water partition coefficient (Wildman–Crippen LogP) is 0.906. The molecule has 0 bridgehead atoms. The van der Waals surface area contributed by atoms with Crippen LogP contribution in [0, 0.1) is 24.2 Å². The molecule has 2 aromatic rings. The van der Waals surface area contributed by atoms with Crippen molar-refractivity contribution in [1.29, 1.82) is 5.26 Å². The number of H-pyrrole nitrogens is 1. The largest absolute Gasteiger partial charge is 0.353 e. The summed E-state index contributed by atoms with van der Waals surface area (Å²) in [6, 6.07) is 2.00. The lowest BCUT2D eigenvalue weighted by Gasteiger charge is -2.17. The van der Waals surface area contributed by atoms with Crippen LogP contribution in [0.5, 0.6) is 0 Å². The standard InChI is InChI=1S/C15H19N5O2/c1-8(2)9(3)18-13(21)5-12-10(4)19-14-11(6-16)7-17-20(14)15(12)22/h7-9,17H,5H2,1-4H3,(H,18,21)/t9-/m1/s1. The maximum absolute atomic E-state index is 12.4. The van der Waals surface area contributed by atoms with E-state index < -0.39 is 0 Å². The van der Waals surface area contributed by atoms with Gasteiger partial charge in [0.1, 0.15) is 11.6 Å². The van der Waals surface area contributed by atoms with Gasteiger partial charge in [-0.2, -0.15) is 5.26 Å². The molecule has 0 spiro atoms. The van der Waals surface area contributed by atoms with Crippen LogP contribution in [0.1, 0.15) is 37.6 Å². The van der Waals surface area contributed by atoms with E-state index in [0.717, 1.165) is 0 Å². The minimum Gasteiger partial charge on any atom is -0.353 e. The van der Waals surface area contributed by atoms with Crippen LogP contribution in [0.2, 0.25) is 0 Å². The molecule has 0 fully saturated rings. The Morgan fingerprint density at radius 2 is 2.18 bits per heavy atom. The molecule has 7 nitrogen and oxygen atoms in total. The highest BCUT2D eigenvalue weighted by Gasteiger charge is 2.18. The number of carbonyl (C=O) groups is 1. The van der Waals surface area contributed by atoms with Gasteiger partial charge in [0.15, 0.2) is 5.65 Å². The third kappa shape index (κ3) is 2.86. The number of aromatic amines is 1. The van der Waals surface area contributed by atoms with Crippen molar-refractivity contribution in [3.05, 3.63) is 33.4 Å². The first kappa shape index (κ1) is 15.8. The van der Waals surface area contributed by atoms with Gasteiger partial charge in [0.25, 0.3) is 5.56 Å². The Morgan fingerprint density at radius 3 is 2.77 bits per heavy atom. The van der Waals surface area contributed by atoms with Crippen LogP contribution in [-0.2, 0) is 11.2 Å². The Morgan fingerprint density at radius 1 is 1.50 bits per heavy atom. The van der Waals surface area contributed by atoms with Gasteiger partial charge in [-0.3, -0.25) is 14.7 Å². The van der Waals surface area contributed by atoms with E-state index in [1.165, 1.54) is 10.7 Å². The Balaban J connectivity index is 2.35. The minimum atomic E-state index is -0.351. The molecular weight excluding hydrogens is 282 g/mol. The van der Waals surface area contributed by atoms with Crippen molar-refractivity contribution in [2.75, 3.05) is 0 Å². The van der Waals surface area contributed by atoms with Gasteiger partial charge >= 0.3 is 0 Å². The molecular formula is C15H19N5O2. The van der Waals surface area contributed by atoms with Gasteiger partial charge in [0.2, 0.25) is 5.91 Å². The highest BCUT2D eigenvalue weighted by molar-refractivity contribution is 5.79. The van der Waals surface area contributed by atoms with Gasteiger partial charge in [-0.05, 0) is 19.8 Å². The maximum Gasteiger partial charge on any atom is 0.276 e. The average Bonchev–Trinajstić information content (AvgIpc) is 2.86. The number of carbonyl (C=O) groups excluding carboxylic acids is 1. The molecule has 0 aromatic carbocycles. The SMILES string of the molecule is Cc1nc2c(C#N)c[nH]n2c(=O)c1CC(=O)N[C@H](C)C(C)C. The highest BCUT2D eigenvalue weighted by Crippen LogP contribution is 2.09. The Hall–Kier alpha value is -2.62. The monoisotopic (exact) mass is 301 g/mol. The second-order valence-electron chi connectivity index (χ2n) is 5.72. The van der Waals surface area contributed by atoms with Crippen LogP contribution in [0.4, 0.5) is 0 Å². The number of rotatable bonds is 4. The van der Waals surface area contributed by atoms with Gasteiger partial charge in [-0.1, -0.05) is 13.8 Å². The van der Waals surface area contributed by atoms with E-state index >= 15 is 0 Å². The molecule has 0 saturated carbocycles. The molecule has 0 unspecified atom stereocenters. The number of fused-ring (bicyclic) bond motifs is 1. The van der Waals surface area contributed by atoms with E-state index in [9.17, 15) is 9.59 Å². The molecule has 1 atom stereocenters. The van der Waals surface area contributed by atoms with Crippen molar-refractivity contribution < 1.29 is 4.79 Å². The van der Waals surface area contributed by atoms with Crippen molar-refractivity contribution in [3.63, 3.8) is 0 Å². The number of nitrogens with zero attached hydrogens (tertiary/aromatic N) is 3. The number of hydrogen-bond acceptors (Lipinski definition) is 4. The van der Waals surface area contributed by atoms with Crippen molar-refractivity contribution in [1.82, 2.24) is 19.9 Å². The second kappa shape index (κ2) is 6.02. The summed E-state index contributed by atoms with van der Waals surface area (Å²) in [6.45, 7) is 7.63. The fourth-order valence-electron chi connectivity index (χ4n) is 2.07. The summed E-state index contributed by atoms with van der Waals surface area (Å²) in [5, 5.41) is 14.5. The van der Waals surface area contributed by atoms with Crippen LogP contribution in [0.25, 0.3) is 5.65 Å². The fourth-order valence-corrected chi connectivity index (χ4v) is 2.07. The molecule has 2 N–H and O–H groups in total. The van der Waals surface area contributed by atoms with E-state index in [1.54, 1.807) is 6.92 Å². The number of amides is 1. The first-order valence-electron chi connectivity index (χ1n) is 7.14. The molecule has 0 saturated heterocycles. The smallest absolute Gasteiger partial charge is 0.276 e. The number of nitriles is 1. The molecule has 2 heterocycles. The van der Waals surface area contributed by atoms with Gasteiger partial charge in [-0.25, -0.2) is 9.50 Å². The second-order valence-corrected chi connectivity index (χ2v) is 5.72. The summed E-state index contributed by atoms with van der Waals surface area (Å²) >= 11 is 0. The zero-order chi connectivity index (χ0) is 16.4. The van der Waals surface area contributed by atoms with E-state index in [-0.39, 0.29) is 29.6 Å². The molecule has 2 rings (SSSR count). The molecule has 22 heavy (non-hydrogen) atoms. The summed E-state index contributed by atoms with van der Waals surface area (Å²) in [6.07, 6.45) is 1.40. The average molecular weight is 301 g/mol. The van der Waals surface area contributed by atoms with Crippen LogP contribution in [-0.4, -0.2) is 26.5 Å². The van der Waals surface area contributed by atoms with Gasteiger partial charge in [-0.15, -0.1) is 0 Å². The van der Waals surface area contributed by atoms with Crippen LogP contribution in [0.15, 0.2) is 11.0 Å². The third-order valence-corrected chi connectivity index (χ3v) is 3.81. The number of aromatic nitrogens is 3. The Kier molecular flexibility index (Phi) is 4.31. The van der Waals surface area contributed by atoms with Crippen LogP contribution >= 0.6 is 0 Å². The summed E-state index contributed by atoms with van der Waals surface area (Å²) < 4.78 is 1.19. The summed E-state index contributed by atoms with van der Waals surface area (Å²) in [5.74, 6) is 0.101. The van der Waals surface area contributed by atoms with Gasteiger partial charge < -0.3 is 5.32 Å². The molecule has 0 aliphatic carbocycles. The fraction of sp³-hybridized carbons (Fsp3) is 0.467. The normalized spacial score (nSPS) is 12.4. The topological polar surface area (TPSA) is 103 Å². The third-order valence-electron chi connectivity index (χ3n) is 3.81. The van der Waals surface area contributed by atoms with Crippen molar-refractivity contribution in [2.45, 2.75) is 40.2 Å². The van der Waals surface area contributed by atoms with E-state index in [2.05, 4.69) is 15.4 Å². The zero-order valence-corrected chi connectivity index (χ0v) is 13.1. The van der Waals surface area contributed by atoms with Crippen molar-refractivity contribution in [3.8, 4) is 6.07 Å². The molecule has 7 heteroatoms. The number of hydrogen-bond donors (Lipinski definition) is 2. The lowest BCUT2D eigenvalue weighted by Crippen LogP contribution is -2.38. The quantitative estimate of drug-likeness (QED) is 0.875.